The minimum atomic E-state index is -0.0361. The summed E-state index contributed by atoms with van der Waals surface area (Å²) in [4.78, 5) is 24.1. The Balaban J connectivity index is 3.58. The quantitative estimate of drug-likeness (QED) is 0.644. The van der Waals surface area contributed by atoms with Crippen LogP contribution < -0.4 is 10.6 Å². The predicted molar refractivity (Wildman–Crippen MR) is 64.1 cm³/mol. The zero-order chi connectivity index (χ0) is 12.6. The zero-order valence-corrected chi connectivity index (χ0v) is 10.7. The number of amides is 2. The van der Waals surface area contributed by atoms with Gasteiger partial charge < -0.3 is 15.5 Å². The van der Waals surface area contributed by atoms with Crippen molar-refractivity contribution in [3.8, 4) is 0 Å². The van der Waals surface area contributed by atoms with Crippen LogP contribution in [0.3, 0.4) is 0 Å². The van der Waals surface area contributed by atoms with E-state index in [2.05, 4.69) is 10.6 Å². The highest BCUT2D eigenvalue weighted by atomic mass is 16.2. The molecular weight excluding hydrogens is 206 g/mol. The van der Waals surface area contributed by atoms with Gasteiger partial charge in [-0.2, -0.15) is 0 Å². The highest BCUT2D eigenvalue weighted by Gasteiger charge is 2.06. The highest BCUT2D eigenvalue weighted by molar-refractivity contribution is 5.78. The Bertz CT molecular complexity index is 229. The molecule has 0 aliphatic rings. The summed E-state index contributed by atoms with van der Waals surface area (Å²) in [5.41, 5.74) is 0. The summed E-state index contributed by atoms with van der Waals surface area (Å²) in [7, 11) is 1.74. The molecule has 0 heterocycles. The van der Waals surface area contributed by atoms with Gasteiger partial charge in [-0.1, -0.05) is 20.8 Å². The monoisotopic (exact) mass is 229 g/mol. The molecule has 0 aliphatic heterocycles. The Morgan fingerprint density at radius 3 is 2.44 bits per heavy atom. The molecule has 0 bridgehead atoms. The third-order valence-electron chi connectivity index (χ3n) is 2.17. The van der Waals surface area contributed by atoms with E-state index in [1.165, 1.54) is 0 Å². The van der Waals surface area contributed by atoms with Crippen LogP contribution in [-0.4, -0.2) is 49.4 Å². The Hall–Kier alpha value is -1.10. The summed E-state index contributed by atoms with van der Waals surface area (Å²) in [6.45, 7) is 7.18. The van der Waals surface area contributed by atoms with Crippen molar-refractivity contribution in [1.82, 2.24) is 15.5 Å². The third kappa shape index (κ3) is 7.23. The summed E-state index contributed by atoms with van der Waals surface area (Å²) >= 11 is 0. The maximum absolute atomic E-state index is 11.3. The fourth-order valence-electron chi connectivity index (χ4n) is 1.12. The summed E-state index contributed by atoms with van der Waals surface area (Å²) < 4.78 is 0. The molecule has 0 aliphatic carbocycles. The van der Waals surface area contributed by atoms with Gasteiger partial charge in [0.05, 0.1) is 6.54 Å². The standard InChI is InChI=1S/C11H23N3O2/c1-5-11(16)14(4)7-6-12-10(15)8-13-9(2)3/h9,13H,5-8H2,1-4H3,(H,12,15). The summed E-state index contributed by atoms with van der Waals surface area (Å²) in [5.74, 6) is 0.0561. The van der Waals surface area contributed by atoms with Gasteiger partial charge in [-0.3, -0.25) is 9.59 Å². The van der Waals surface area contributed by atoms with Gasteiger partial charge in [-0.25, -0.2) is 0 Å². The van der Waals surface area contributed by atoms with Crippen molar-refractivity contribution in [2.24, 2.45) is 0 Å². The number of carbonyl (C=O) groups is 2. The second-order valence-corrected chi connectivity index (χ2v) is 4.05. The third-order valence-corrected chi connectivity index (χ3v) is 2.17. The lowest BCUT2D eigenvalue weighted by Crippen LogP contribution is -2.40. The fourth-order valence-corrected chi connectivity index (χ4v) is 1.12. The SMILES string of the molecule is CCC(=O)N(C)CCNC(=O)CNC(C)C. The van der Waals surface area contributed by atoms with Gasteiger partial charge in [0.2, 0.25) is 11.8 Å². The predicted octanol–water partition coefficient (Wildman–Crippen LogP) is -0.0310. The Labute approximate surface area is 97.6 Å². The van der Waals surface area contributed by atoms with Gasteiger partial charge in [-0.15, -0.1) is 0 Å². The van der Waals surface area contributed by atoms with Crippen molar-refractivity contribution in [3.05, 3.63) is 0 Å². The lowest BCUT2D eigenvalue weighted by Gasteiger charge is -2.16. The van der Waals surface area contributed by atoms with Crippen molar-refractivity contribution >= 4 is 11.8 Å². The van der Waals surface area contributed by atoms with Crippen LogP contribution in [0.1, 0.15) is 27.2 Å². The molecule has 2 amide bonds. The number of likely N-dealkylation sites (N-methyl/N-ethyl adjacent to an activating group) is 1. The number of nitrogens with one attached hydrogen (secondary N) is 2. The van der Waals surface area contributed by atoms with E-state index in [4.69, 9.17) is 0 Å². The zero-order valence-electron chi connectivity index (χ0n) is 10.7. The first-order valence-electron chi connectivity index (χ1n) is 5.71. The van der Waals surface area contributed by atoms with Gasteiger partial charge in [0.15, 0.2) is 0 Å². The molecule has 0 aromatic rings. The van der Waals surface area contributed by atoms with Crippen molar-refractivity contribution in [1.29, 1.82) is 0 Å². The average Bonchev–Trinajstić information content (AvgIpc) is 2.24. The first-order chi connectivity index (χ1) is 7.47. The van der Waals surface area contributed by atoms with E-state index < -0.39 is 0 Å². The molecule has 5 heteroatoms. The Kier molecular flexibility index (Phi) is 7.54. The highest BCUT2D eigenvalue weighted by Crippen LogP contribution is 1.87. The van der Waals surface area contributed by atoms with Gasteiger partial charge in [0, 0.05) is 32.6 Å². The number of rotatable bonds is 7. The Morgan fingerprint density at radius 2 is 1.94 bits per heavy atom. The van der Waals surface area contributed by atoms with E-state index >= 15 is 0 Å². The molecule has 0 atom stereocenters. The maximum atomic E-state index is 11.3. The van der Waals surface area contributed by atoms with Crippen LogP contribution in [0, 0.1) is 0 Å². The minimum absolute atomic E-state index is 0.0361. The second kappa shape index (κ2) is 8.10. The van der Waals surface area contributed by atoms with E-state index in [0.717, 1.165) is 0 Å². The summed E-state index contributed by atoms with van der Waals surface area (Å²) in [6.07, 6.45) is 0.499. The van der Waals surface area contributed by atoms with E-state index in [-0.39, 0.29) is 11.8 Å². The summed E-state index contributed by atoms with van der Waals surface area (Å²) in [6, 6.07) is 0.301. The molecule has 0 aromatic heterocycles. The number of nitrogens with zero attached hydrogens (tertiary/aromatic N) is 1. The molecule has 0 unspecified atom stereocenters. The largest absolute Gasteiger partial charge is 0.353 e. The topological polar surface area (TPSA) is 61.4 Å². The number of hydrogen-bond acceptors (Lipinski definition) is 3. The smallest absolute Gasteiger partial charge is 0.234 e. The molecule has 2 N–H and O–H groups in total. The first kappa shape index (κ1) is 14.9. The Morgan fingerprint density at radius 1 is 1.31 bits per heavy atom. The van der Waals surface area contributed by atoms with Crippen molar-refractivity contribution in [2.75, 3.05) is 26.7 Å². The maximum Gasteiger partial charge on any atom is 0.234 e. The second-order valence-electron chi connectivity index (χ2n) is 4.05. The first-order valence-corrected chi connectivity index (χ1v) is 5.71. The average molecular weight is 229 g/mol. The van der Waals surface area contributed by atoms with Crippen LogP contribution in [0.5, 0.6) is 0 Å². The van der Waals surface area contributed by atoms with E-state index in [9.17, 15) is 9.59 Å². The molecule has 0 rings (SSSR count). The van der Waals surface area contributed by atoms with E-state index in [0.29, 0.717) is 32.1 Å². The van der Waals surface area contributed by atoms with Gasteiger partial charge in [0.25, 0.3) is 0 Å². The lowest BCUT2D eigenvalue weighted by atomic mass is 10.4. The molecule has 0 aromatic carbocycles. The molecule has 0 fully saturated rings. The number of hydrogen-bond donors (Lipinski definition) is 2. The fraction of sp³-hybridized carbons (Fsp3) is 0.818. The molecule has 5 nitrogen and oxygen atoms in total. The van der Waals surface area contributed by atoms with Gasteiger partial charge in [0.1, 0.15) is 0 Å². The van der Waals surface area contributed by atoms with Crippen LogP contribution >= 0.6 is 0 Å². The van der Waals surface area contributed by atoms with Crippen molar-refractivity contribution < 1.29 is 9.59 Å². The lowest BCUT2D eigenvalue weighted by molar-refractivity contribution is -0.130. The van der Waals surface area contributed by atoms with Crippen LogP contribution in [0.2, 0.25) is 0 Å². The molecule has 0 saturated heterocycles. The molecule has 16 heavy (non-hydrogen) atoms. The normalized spacial score (nSPS) is 10.3. The van der Waals surface area contributed by atoms with Crippen LogP contribution in [0.25, 0.3) is 0 Å². The molecular formula is C11H23N3O2. The van der Waals surface area contributed by atoms with Crippen LogP contribution in [0.4, 0.5) is 0 Å². The van der Waals surface area contributed by atoms with Crippen molar-refractivity contribution in [2.45, 2.75) is 33.2 Å². The minimum Gasteiger partial charge on any atom is -0.353 e. The molecule has 0 radical (unpaired) electrons. The molecule has 0 saturated carbocycles. The van der Waals surface area contributed by atoms with Crippen LogP contribution in [-0.2, 0) is 9.59 Å². The van der Waals surface area contributed by atoms with Crippen LogP contribution in [0.15, 0.2) is 0 Å². The van der Waals surface area contributed by atoms with E-state index in [1.54, 1.807) is 11.9 Å². The van der Waals surface area contributed by atoms with Gasteiger partial charge in [-0.05, 0) is 0 Å². The molecule has 0 spiro atoms. The van der Waals surface area contributed by atoms with E-state index in [1.807, 2.05) is 20.8 Å². The van der Waals surface area contributed by atoms with Gasteiger partial charge >= 0.3 is 0 Å². The molecule has 94 valence electrons. The van der Waals surface area contributed by atoms with Crippen molar-refractivity contribution in [3.63, 3.8) is 0 Å². The summed E-state index contributed by atoms with van der Waals surface area (Å²) in [5, 5.41) is 5.78. The number of carbonyl (C=O) groups excluding carboxylic acids is 2.